The van der Waals surface area contributed by atoms with Crippen molar-refractivity contribution in [1.29, 1.82) is 0 Å². The monoisotopic (exact) mass is 763 g/mol. The maximum absolute atomic E-state index is 14.1. The Morgan fingerprint density at radius 2 is 1.48 bits per heavy atom. The Kier molecular flexibility index (Phi) is 11.3. The Bertz CT molecular complexity index is 2170. The molecule has 5 aromatic rings. The van der Waals surface area contributed by atoms with Crippen LogP contribution in [0.5, 0.6) is 0 Å². The molecule has 54 heavy (non-hydrogen) atoms. The summed E-state index contributed by atoms with van der Waals surface area (Å²) in [5.74, 6) is -1.53. The van der Waals surface area contributed by atoms with Crippen molar-refractivity contribution in [2.45, 2.75) is 64.6 Å². The van der Waals surface area contributed by atoms with Crippen molar-refractivity contribution in [2.75, 3.05) is 13.1 Å². The second-order valence-electron chi connectivity index (χ2n) is 15.4. The average molecular weight is 764 g/mol. The third-order valence-corrected chi connectivity index (χ3v) is 11.4. The zero-order chi connectivity index (χ0) is 38.8. The summed E-state index contributed by atoms with van der Waals surface area (Å²) >= 11 is 1.39. The van der Waals surface area contributed by atoms with E-state index in [0.717, 1.165) is 49.1 Å². The summed E-state index contributed by atoms with van der Waals surface area (Å²) in [5, 5.41) is 6.41. The quantitative estimate of drug-likeness (QED) is 0.109. The van der Waals surface area contributed by atoms with Crippen LogP contribution in [0, 0.1) is 10.8 Å². The Balaban J connectivity index is 1.14. The van der Waals surface area contributed by atoms with Gasteiger partial charge in [0.2, 0.25) is 5.91 Å². The smallest absolute Gasteiger partial charge is 0.292 e. The predicted octanol–water partition coefficient (Wildman–Crippen LogP) is 7.72. The van der Waals surface area contributed by atoms with Crippen LogP contribution >= 0.6 is 20.6 Å². The number of nitroso groups, excluding NO2 is 1. The fourth-order valence-corrected chi connectivity index (χ4v) is 7.76. The molecule has 6 rings (SSSR count). The van der Waals surface area contributed by atoms with Gasteiger partial charge >= 0.3 is 0 Å². The van der Waals surface area contributed by atoms with Gasteiger partial charge in [-0.25, -0.2) is 14.4 Å². The molecule has 0 radical (unpaired) electrons. The summed E-state index contributed by atoms with van der Waals surface area (Å²) in [5.41, 5.74) is 5.13. The standard InChI is InChI=1S/C42H43FN5O4PS/c1-41(2,3)36-17-16-35(54-36)39(50)46-33(40(51)48-23-31(24-48)38(49)47-52)18-25-6-12-28(13-7-25)37-44-21-30(22-45-37)32-15-14-29(19-34(32)53)27-10-8-26(9-11-27)20-42(4,5)43/h6-17,19,21-22,31,33H,18,20,23-24,53H2,1-5H3,(H,46,50)/t33-/m0/s1. The van der Waals surface area contributed by atoms with Crippen molar-refractivity contribution in [3.8, 4) is 33.6 Å². The van der Waals surface area contributed by atoms with Gasteiger partial charge in [-0.15, -0.1) is 25.5 Å². The summed E-state index contributed by atoms with van der Waals surface area (Å²) < 4.78 is 14.1. The minimum Gasteiger partial charge on any atom is -0.339 e. The fourth-order valence-electron chi connectivity index (χ4n) is 6.35. The van der Waals surface area contributed by atoms with Gasteiger partial charge < -0.3 is 10.2 Å². The molecule has 1 saturated heterocycles. The van der Waals surface area contributed by atoms with Crippen LogP contribution in [-0.2, 0) is 27.8 Å². The van der Waals surface area contributed by atoms with Crippen molar-refractivity contribution in [3.05, 3.63) is 117 Å². The number of hydrogen-bond acceptors (Lipinski definition) is 7. The van der Waals surface area contributed by atoms with E-state index in [1.54, 1.807) is 32.3 Å². The van der Waals surface area contributed by atoms with Crippen LogP contribution < -0.4 is 10.6 Å². The maximum Gasteiger partial charge on any atom is 0.292 e. The molecule has 12 heteroatoms. The van der Waals surface area contributed by atoms with Gasteiger partial charge in [-0.2, -0.15) is 0 Å². The highest BCUT2D eigenvalue weighted by Crippen LogP contribution is 2.30. The highest BCUT2D eigenvalue weighted by molar-refractivity contribution is 7.28. The topological polar surface area (TPSA) is 122 Å². The number of nitrogens with zero attached hydrogens (tertiary/aromatic N) is 4. The van der Waals surface area contributed by atoms with Crippen LogP contribution in [0.3, 0.4) is 0 Å². The maximum atomic E-state index is 14.1. The first-order chi connectivity index (χ1) is 25.6. The third-order valence-electron chi connectivity index (χ3n) is 9.38. The van der Waals surface area contributed by atoms with Gasteiger partial charge in [-0.1, -0.05) is 81.4 Å². The summed E-state index contributed by atoms with van der Waals surface area (Å²) in [6.07, 6.45) is 4.16. The zero-order valence-corrected chi connectivity index (χ0v) is 32.9. The van der Waals surface area contributed by atoms with E-state index in [4.69, 9.17) is 0 Å². The number of likely N-dealkylation sites (tertiary alicyclic amines) is 1. The Labute approximate surface area is 321 Å². The van der Waals surface area contributed by atoms with Gasteiger partial charge in [-0.3, -0.25) is 14.4 Å². The molecule has 3 aromatic carbocycles. The van der Waals surface area contributed by atoms with Crippen LogP contribution in [0.1, 0.15) is 60.3 Å². The molecular formula is C42H43FN5O4PS. The van der Waals surface area contributed by atoms with Gasteiger partial charge in [0.25, 0.3) is 11.8 Å². The number of amides is 3. The van der Waals surface area contributed by atoms with E-state index < -0.39 is 23.5 Å². The molecule has 0 saturated carbocycles. The summed E-state index contributed by atoms with van der Waals surface area (Å²) in [4.78, 5) is 61.7. The SMILES string of the molecule is CC(C)(F)Cc1ccc(-c2ccc(-c3cnc(-c4ccc(C[C@H](NC(=O)c5ccc(C(C)(C)C)s5)C(=O)N5CC(C(=O)N=O)C5)cc4)nc3)c(P)c2)cc1. The van der Waals surface area contributed by atoms with Crippen LogP contribution in [0.2, 0.25) is 0 Å². The van der Waals surface area contributed by atoms with Crippen molar-refractivity contribution in [1.82, 2.24) is 20.2 Å². The number of halogens is 1. The van der Waals surface area contributed by atoms with E-state index in [1.807, 2.05) is 60.7 Å². The molecule has 1 N–H and O–H groups in total. The largest absolute Gasteiger partial charge is 0.339 e. The Morgan fingerprint density at radius 1 is 0.870 bits per heavy atom. The Hall–Kier alpha value is -4.99. The van der Waals surface area contributed by atoms with E-state index in [1.165, 1.54) is 16.2 Å². The number of carbonyl (C=O) groups excluding carboxylic acids is 3. The van der Waals surface area contributed by atoms with Gasteiger partial charge in [0, 0.05) is 59.5 Å². The molecule has 278 valence electrons. The zero-order valence-electron chi connectivity index (χ0n) is 30.9. The molecule has 1 aliphatic heterocycles. The number of rotatable bonds is 11. The minimum atomic E-state index is -1.26. The minimum absolute atomic E-state index is 0.0900. The Morgan fingerprint density at radius 3 is 2.06 bits per heavy atom. The number of alkyl halides is 1. The van der Waals surface area contributed by atoms with Crippen molar-refractivity contribution < 1.29 is 18.8 Å². The second-order valence-corrected chi connectivity index (χ2v) is 17.1. The van der Waals surface area contributed by atoms with E-state index >= 15 is 0 Å². The molecule has 9 nitrogen and oxygen atoms in total. The number of benzene rings is 3. The number of aromatic nitrogens is 2. The first-order valence-electron chi connectivity index (χ1n) is 17.7. The van der Waals surface area contributed by atoms with E-state index in [2.05, 4.69) is 62.6 Å². The number of hydrogen-bond donors (Lipinski definition) is 1. The third kappa shape index (κ3) is 9.20. The lowest BCUT2D eigenvalue weighted by Crippen LogP contribution is -2.59. The lowest BCUT2D eigenvalue weighted by molar-refractivity contribution is -0.143. The molecule has 0 aliphatic carbocycles. The van der Waals surface area contributed by atoms with Crippen LogP contribution in [-0.4, -0.2) is 57.4 Å². The van der Waals surface area contributed by atoms with Crippen molar-refractivity contribution in [3.63, 3.8) is 0 Å². The van der Waals surface area contributed by atoms with Crippen molar-refractivity contribution >= 4 is 43.6 Å². The van der Waals surface area contributed by atoms with Gasteiger partial charge in [0.05, 0.1) is 10.8 Å². The van der Waals surface area contributed by atoms with E-state index in [-0.39, 0.29) is 36.7 Å². The summed E-state index contributed by atoms with van der Waals surface area (Å²) in [6.45, 7) is 9.57. The lowest BCUT2D eigenvalue weighted by Gasteiger charge is -2.39. The molecule has 1 unspecified atom stereocenters. The highest BCUT2D eigenvalue weighted by Gasteiger charge is 2.39. The summed E-state index contributed by atoms with van der Waals surface area (Å²) in [6, 6.07) is 24.5. The number of carbonyl (C=O) groups is 3. The van der Waals surface area contributed by atoms with Crippen molar-refractivity contribution in [2.24, 2.45) is 11.1 Å². The van der Waals surface area contributed by atoms with Gasteiger partial charge in [-0.05, 0) is 70.6 Å². The lowest BCUT2D eigenvalue weighted by atomic mass is 9.95. The highest BCUT2D eigenvalue weighted by atomic mass is 32.1. The molecule has 1 aliphatic rings. The normalized spacial score (nSPS) is 13.9. The molecule has 0 bridgehead atoms. The van der Waals surface area contributed by atoms with E-state index in [0.29, 0.717) is 17.1 Å². The van der Waals surface area contributed by atoms with Crippen LogP contribution in [0.4, 0.5) is 4.39 Å². The second kappa shape index (κ2) is 15.8. The van der Waals surface area contributed by atoms with Crippen LogP contribution in [0.15, 0.2) is 96.4 Å². The van der Waals surface area contributed by atoms with Gasteiger partial charge in [0.15, 0.2) is 5.82 Å². The molecular weight excluding hydrogens is 721 g/mol. The molecule has 1 fully saturated rings. The molecule has 0 spiro atoms. The summed E-state index contributed by atoms with van der Waals surface area (Å²) in [7, 11) is 2.79. The van der Waals surface area contributed by atoms with Crippen LogP contribution in [0.25, 0.3) is 33.6 Å². The first-order valence-corrected chi connectivity index (χ1v) is 19.1. The fraction of sp³-hybridized carbons (Fsp3) is 0.310. The molecule has 2 aromatic heterocycles. The molecule has 3 heterocycles. The predicted molar refractivity (Wildman–Crippen MR) is 215 cm³/mol. The molecule has 2 atom stereocenters. The number of thiophene rings is 1. The average Bonchev–Trinajstić information content (AvgIpc) is 3.63. The first kappa shape index (κ1) is 38.7. The molecule has 3 amide bonds. The number of nitrogens with one attached hydrogen (secondary N) is 1. The van der Waals surface area contributed by atoms with Gasteiger partial charge in [0.1, 0.15) is 11.7 Å². The van der Waals surface area contributed by atoms with E-state index in [9.17, 15) is 23.7 Å².